The molecule has 0 unspecified atom stereocenters. The Hall–Kier alpha value is -2.86. The number of carbonyl (C=O) groups excluding carboxylic acids is 1. The van der Waals surface area contributed by atoms with Gasteiger partial charge in [-0.1, -0.05) is 42.5 Å². The van der Waals surface area contributed by atoms with Gasteiger partial charge in [0.1, 0.15) is 10.6 Å². The highest BCUT2D eigenvalue weighted by Gasteiger charge is 2.16. The monoisotopic (exact) mass is 367 g/mol. The van der Waals surface area contributed by atoms with Gasteiger partial charge in [-0.05, 0) is 37.1 Å². The van der Waals surface area contributed by atoms with Crippen molar-refractivity contribution >= 4 is 33.8 Å². The van der Waals surface area contributed by atoms with Crippen LogP contribution in [-0.2, 0) is 6.42 Å². The minimum Gasteiger partial charge on any atom is -0.497 e. The number of ether oxygens (including phenoxy) is 1. The van der Waals surface area contributed by atoms with Crippen LogP contribution in [0.2, 0.25) is 0 Å². The first-order valence-corrected chi connectivity index (χ1v) is 9.20. The molecule has 0 saturated heterocycles. The lowest BCUT2D eigenvalue weighted by Crippen LogP contribution is -2.11. The zero-order valence-electron chi connectivity index (χ0n) is 15.0. The van der Waals surface area contributed by atoms with Crippen molar-refractivity contribution in [1.29, 1.82) is 0 Å². The number of hydrogen-bond donors (Lipinski definition) is 2. The first-order chi connectivity index (χ1) is 12.6. The number of aromatic nitrogens is 1. The van der Waals surface area contributed by atoms with Gasteiger partial charge in [-0.3, -0.25) is 4.79 Å². The third-order valence-electron chi connectivity index (χ3n) is 3.97. The Balaban J connectivity index is 1.78. The summed E-state index contributed by atoms with van der Waals surface area (Å²) in [6, 6.07) is 15.4. The van der Waals surface area contributed by atoms with E-state index in [-0.39, 0.29) is 5.91 Å². The predicted octanol–water partition coefficient (Wildman–Crippen LogP) is 5.02. The molecule has 2 aromatic carbocycles. The molecule has 0 radical (unpaired) electrons. The van der Waals surface area contributed by atoms with Crippen molar-refractivity contribution in [3.05, 3.63) is 64.7 Å². The van der Waals surface area contributed by atoms with Gasteiger partial charge in [0.2, 0.25) is 0 Å². The number of rotatable bonds is 6. The molecule has 0 aliphatic carbocycles. The minimum absolute atomic E-state index is 0.176. The summed E-state index contributed by atoms with van der Waals surface area (Å²) in [6.07, 6.45) is 0.927. The van der Waals surface area contributed by atoms with E-state index < -0.39 is 0 Å². The molecule has 0 spiro atoms. The first kappa shape index (κ1) is 17.9. The minimum atomic E-state index is -0.176. The number of nitrogens with zero attached hydrogens (tertiary/aromatic N) is 1. The quantitative estimate of drug-likeness (QED) is 0.642. The van der Waals surface area contributed by atoms with E-state index >= 15 is 0 Å². The standard InChI is InChI=1S/C20H21N3O2S/c1-4-14-8-5-6-11-17(14)23-20-21-13(2)18(26-20)19(24)22-15-9-7-10-16(12-15)25-3/h5-12H,4H2,1-3H3,(H,21,23)(H,22,24). The smallest absolute Gasteiger partial charge is 0.267 e. The molecule has 1 amide bonds. The molecule has 1 heterocycles. The molecule has 0 aliphatic rings. The average molecular weight is 367 g/mol. The van der Waals surface area contributed by atoms with E-state index in [1.165, 1.54) is 16.9 Å². The van der Waals surface area contributed by atoms with E-state index in [4.69, 9.17) is 4.74 Å². The number of nitrogens with one attached hydrogen (secondary N) is 2. The molecule has 0 bridgehead atoms. The fraction of sp³-hybridized carbons (Fsp3) is 0.200. The largest absolute Gasteiger partial charge is 0.497 e. The van der Waals surface area contributed by atoms with Crippen LogP contribution in [0, 0.1) is 6.92 Å². The van der Waals surface area contributed by atoms with Crippen molar-refractivity contribution in [2.24, 2.45) is 0 Å². The maximum Gasteiger partial charge on any atom is 0.267 e. The maximum atomic E-state index is 12.6. The Kier molecular flexibility index (Phi) is 5.53. The SMILES string of the molecule is CCc1ccccc1Nc1nc(C)c(C(=O)Nc2cccc(OC)c2)s1. The van der Waals surface area contributed by atoms with Crippen molar-refractivity contribution in [3.8, 4) is 5.75 Å². The average Bonchev–Trinajstić information content (AvgIpc) is 3.02. The van der Waals surface area contributed by atoms with Crippen LogP contribution in [0.25, 0.3) is 0 Å². The number of carbonyl (C=O) groups is 1. The van der Waals surface area contributed by atoms with Crippen LogP contribution in [-0.4, -0.2) is 18.0 Å². The highest BCUT2D eigenvalue weighted by atomic mass is 32.1. The van der Waals surface area contributed by atoms with Crippen molar-refractivity contribution in [2.75, 3.05) is 17.7 Å². The Bertz CT molecular complexity index is 921. The molecule has 0 aliphatic heterocycles. The molecular formula is C20H21N3O2S. The van der Waals surface area contributed by atoms with Crippen LogP contribution in [0.5, 0.6) is 5.75 Å². The van der Waals surface area contributed by atoms with Crippen molar-refractivity contribution in [3.63, 3.8) is 0 Å². The molecule has 6 heteroatoms. The number of methoxy groups -OCH3 is 1. The fourth-order valence-corrected chi connectivity index (χ4v) is 3.49. The Labute approximate surface area is 157 Å². The van der Waals surface area contributed by atoms with Gasteiger partial charge in [0.25, 0.3) is 5.91 Å². The van der Waals surface area contributed by atoms with Gasteiger partial charge in [-0.25, -0.2) is 4.98 Å². The fourth-order valence-electron chi connectivity index (χ4n) is 2.62. The number of hydrogen-bond acceptors (Lipinski definition) is 5. The number of anilines is 3. The molecule has 0 fully saturated rings. The van der Waals surface area contributed by atoms with Gasteiger partial charge in [0.05, 0.1) is 12.8 Å². The zero-order valence-corrected chi connectivity index (χ0v) is 15.8. The molecule has 0 atom stereocenters. The van der Waals surface area contributed by atoms with Gasteiger partial charge in [0.15, 0.2) is 5.13 Å². The molecule has 3 rings (SSSR count). The van der Waals surface area contributed by atoms with Gasteiger partial charge in [-0.2, -0.15) is 0 Å². The second-order valence-corrected chi connectivity index (χ2v) is 6.75. The van der Waals surface area contributed by atoms with Crippen molar-refractivity contribution in [2.45, 2.75) is 20.3 Å². The van der Waals surface area contributed by atoms with Crippen LogP contribution in [0.1, 0.15) is 27.9 Å². The summed E-state index contributed by atoms with van der Waals surface area (Å²) in [5, 5.41) is 6.93. The van der Waals surface area contributed by atoms with E-state index in [2.05, 4.69) is 28.6 Å². The predicted molar refractivity (Wildman–Crippen MR) is 107 cm³/mol. The summed E-state index contributed by atoms with van der Waals surface area (Å²) < 4.78 is 5.19. The third-order valence-corrected chi connectivity index (χ3v) is 5.04. The van der Waals surface area contributed by atoms with Crippen LogP contribution in [0.15, 0.2) is 48.5 Å². The van der Waals surface area contributed by atoms with Crippen LogP contribution < -0.4 is 15.4 Å². The highest BCUT2D eigenvalue weighted by molar-refractivity contribution is 7.17. The summed E-state index contributed by atoms with van der Waals surface area (Å²) in [7, 11) is 1.60. The normalized spacial score (nSPS) is 10.4. The number of thiazole rings is 1. The molecule has 2 N–H and O–H groups in total. The molecule has 0 saturated carbocycles. The van der Waals surface area contributed by atoms with Crippen LogP contribution >= 0.6 is 11.3 Å². The van der Waals surface area contributed by atoms with E-state index in [1.807, 2.05) is 43.3 Å². The molecule has 5 nitrogen and oxygen atoms in total. The number of amides is 1. The Morgan fingerprint density at radius 1 is 1.19 bits per heavy atom. The second-order valence-electron chi connectivity index (χ2n) is 5.76. The summed E-state index contributed by atoms with van der Waals surface area (Å²) in [5.74, 6) is 0.521. The Morgan fingerprint density at radius 3 is 2.77 bits per heavy atom. The summed E-state index contributed by atoms with van der Waals surface area (Å²) in [4.78, 5) is 17.7. The van der Waals surface area contributed by atoms with Gasteiger partial charge in [0, 0.05) is 17.4 Å². The molecule has 134 valence electrons. The third kappa shape index (κ3) is 4.03. The molecule has 3 aromatic rings. The van der Waals surface area contributed by atoms with E-state index in [1.54, 1.807) is 13.2 Å². The highest BCUT2D eigenvalue weighted by Crippen LogP contribution is 2.28. The molecule has 26 heavy (non-hydrogen) atoms. The summed E-state index contributed by atoms with van der Waals surface area (Å²) in [6.45, 7) is 3.95. The van der Waals surface area contributed by atoms with Gasteiger partial charge >= 0.3 is 0 Å². The molecule has 1 aromatic heterocycles. The van der Waals surface area contributed by atoms with Crippen LogP contribution in [0.4, 0.5) is 16.5 Å². The van der Waals surface area contributed by atoms with Crippen molar-refractivity contribution in [1.82, 2.24) is 4.98 Å². The van der Waals surface area contributed by atoms with E-state index in [0.29, 0.717) is 27.1 Å². The van der Waals surface area contributed by atoms with E-state index in [9.17, 15) is 4.79 Å². The first-order valence-electron chi connectivity index (χ1n) is 8.38. The lowest BCUT2D eigenvalue weighted by Gasteiger charge is -2.07. The lowest BCUT2D eigenvalue weighted by atomic mass is 10.1. The maximum absolute atomic E-state index is 12.6. The molecular weight excluding hydrogens is 346 g/mol. The topological polar surface area (TPSA) is 63.2 Å². The summed E-state index contributed by atoms with van der Waals surface area (Å²) in [5.41, 5.74) is 3.62. The van der Waals surface area contributed by atoms with E-state index in [0.717, 1.165) is 12.1 Å². The van der Waals surface area contributed by atoms with Gasteiger partial charge < -0.3 is 15.4 Å². The second kappa shape index (κ2) is 8.01. The lowest BCUT2D eigenvalue weighted by molar-refractivity contribution is 0.103. The Morgan fingerprint density at radius 2 is 2.00 bits per heavy atom. The van der Waals surface area contributed by atoms with Crippen LogP contribution in [0.3, 0.4) is 0 Å². The van der Waals surface area contributed by atoms with Crippen molar-refractivity contribution < 1.29 is 9.53 Å². The zero-order chi connectivity index (χ0) is 18.5. The number of benzene rings is 2. The number of para-hydroxylation sites is 1. The number of aryl methyl sites for hydroxylation is 2. The van der Waals surface area contributed by atoms with Gasteiger partial charge in [-0.15, -0.1) is 0 Å². The summed E-state index contributed by atoms with van der Waals surface area (Å²) >= 11 is 1.35.